The van der Waals surface area contributed by atoms with Crippen LogP contribution in [-0.2, 0) is 0 Å². The van der Waals surface area contributed by atoms with Gasteiger partial charge in [-0.1, -0.05) is 16.9 Å². The fourth-order valence-corrected chi connectivity index (χ4v) is 8.43. The van der Waals surface area contributed by atoms with Gasteiger partial charge in [0.05, 0.1) is 16.2 Å². The Hall–Kier alpha value is -2.37. The van der Waals surface area contributed by atoms with Crippen molar-refractivity contribution in [3.8, 4) is 0 Å². The molecule has 1 saturated heterocycles. The number of hydrogen-bond acceptors (Lipinski definition) is 7. The van der Waals surface area contributed by atoms with Gasteiger partial charge in [0.15, 0.2) is 5.67 Å². The molecule has 3 unspecified atom stereocenters. The van der Waals surface area contributed by atoms with Gasteiger partial charge >= 0.3 is 0 Å². The second-order valence-electron chi connectivity index (χ2n) is 9.80. The maximum atomic E-state index is 16.6. The molecule has 4 heterocycles. The van der Waals surface area contributed by atoms with Gasteiger partial charge in [-0.3, -0.25) is 19.5 Å². The van der Waals surface area contributed by atoms with E-state index in [0.29, 0.717) is 18.5 Å². The van der Waals surface area contributed by atoms with Crippen molar-refractivity contribution in [1.29, 1.82) is 0 Å². The van der Waals surface area contributed by atoms with Crippen LogP contribution >= 0.6 is 10.5 Å². The minimum atomic E-state index is -2.57. The van der Waals surface area contributed by atoms with Gasteiger partial charge in [-0.15, -0.1) is 0 Å². The van der Waals surface area contributed by atoms with Gasteiger partial charge in [-0.2, -0.15) is 0 Å². The largest absolute Gasteiger partial charge is 0.386 e. The van der Waals surface area contributed by atoms with E-state index in [-0.39, 0.29) is 11.5 Å². The van der Waals surface area contributed by atoms with Crippen LogP contribution < -0.4 is 15.8 Å². The van der Waals surface area contributed by atoms with Gasteiger partial charge in [0.2, 0.25) is 0 Å². The maximum absolute atomic E-state index is 16.6. The smallest absolute Gasteiger partial charge is 0.272 e. The molecule has 11 heteroatoms. The predicted molar refractivity (Wildman–Crippen MR) is 132 cm³/mol. The van der Waals surface area contributed by atoms with Gasteiger partial charge < -0.3 is 15.6 Å². The first kappa shape index (κ1) is 24.7. The zero-order chi connectivity index (χ0) is 24.9. The number of pyridine rings is 1. The number of rotatable bonds is 3. The van der Waals surface area contributed by atoms with E-state index in [1.165, 1.54) is 18.2 Å². The highest BCUT2D eigenvalue weighted by Gasteiger charge is 2.64. The normalized spacial score (nSPS) is 38.7. The minimum absolute atomic E-state index is 0.0686. The van der Waals surface area contributed by atoms with Crippen molar-refractivity contribution in [2.24, 2.45) is 15.7 Å². The number of nitrogens with two attached hydrogens (primary N) is 1. The number of amides is 1. The molecule has 3 aliphatic rings. The number of aliphatic imine (C=N–C) groups is 2. The number of dihydropyridines is 1. The Morgan fingerprint density at radius 1 is 1.35 bits per heavy atom. The molecule has 5 atom stereocenters. The quantitative estimate of drug-likeness (QED) is 0.481. The lowest BCUT2D eigenvalue weighted by atomic mass is 9.77. The van der Waals surface area contributed by atoms with Crippen LogP contribution in [0.3, 0.4) is 0 Å². The highest BCUT2D eigenvalue weighted by atomic mass is 32.3. The van der Waals surface area contributed by atoms with Crippen LogP contribution in [0.25, 0.3) is 0 Å². The van der Waals surface area contributed by atoms with Crippen LogP contribution in [0.2, 0.25) is 0 Å². The topological polar surface area (TPSA) is 125 Å². The summed E-state index contributed by atoms with van der Waals surface area (Å²) in [6, 6.07) is 1.21. The number of carbonyl (C=O) groups excluding carboxylic acids is 1. The molecule has 0 aliphatic carbocycles. The van der Waals surface area contributed by atoms with Gasteiger partial charge in [0.25, 0.3) is 5.91 Å². The molecule has 0 spiro atoms. The fourth-order valence-electron chi connectivity index (χ4n) is 4.93. The summed E-state index contributed by atoms with van der Waals surface area (Å²) in [7, 11) is -2.57. The van der Waals surface area contributed by atoms with Crippen molar-refractivity contribution >= 4 is 28.5 Å². The summed E-state index contributed by atoms with van der Waals surface area (Å²) in [6.07, 6.45) is 6.35. The molecule has 5 N–H and O–H groups in total. The number of aryl methyl sites for hydroxylation is 1. The summed E-state index contributed by atoms with van der Waals surface area (Å²) >= 11 is 0. The Labute approximate surface area is 199 Å². The van der Waals surface area contributed by atoms with Gasteiger partial charge in [-0.05, 0) is 64.3 Å². The molecule has 0 bridgehead atoms. The Bertz CT molecular complexity index is 1080. The molecule has 1 aromatic rings. The van der Waals surface area contributed by atoms with Crippen molar-refractivity contribution in [2.75, 3.05) is 6.54 Å². The maximum Gasteiger partial charge on any atom is 0.272 e. The number of aromatic nitrogens is 1. The average Bonchev–Trinajstić information content (AvgIpc) is 2.97. The van der Waals surface area contributed by atoms with E-state index in [1.807, 2.05) is 13.8 Å². The van der Waals surface area contributed by atoms with E-state index < -0.39 is 49.6 Å². The Morgan fingerprint density at radius 2 is 2.09 bits per heavy atom. The summed E-state index contributed by atoms with van der Waals surface area (Å²) in [6.45, 7) is 7.57. The third-order valence-corrected chi connectivity index (χ3v) is 11.2. The van der Waals surface area contributed by atoms with E-state index in [9.17, 15) is 13.7 Å². The number of halogens is 2. The molecule has 3 aliphatic heterocycles. The monoisotopic (exact) mass is 494 g/mol. The van der Waals surface area contributed by atoms with Crippen LogP contribution in [0.4, 0.5) is 8.78 Å². The fraction of sp³-hybridized carbons (Fsp3) is 0.565. The number of carbonyl (C=O) groups is 1. The third kappa shape index (κ3) is 3.74. The number of amidine groups is 1. The summed E-state index contributed by atoms with van der Waals surface area (Å²) in [5.41, 5.74) is 3.26. The third-order valence-electron chi connectivity index (χ3n) is 7.26. The zero-order valence-electron chi connectivity index (χ0n) is 19.8. The molecular formula is C23H32F2N6O2S. The summed E-state index contributed by atoms with van der Waals surface area (Å²) in [4.78, 5) is 25.3. The molecule has 0 saturated carbocycles. The molecule has 1 aromatic heterocycles. The lowest BCUT2D eigenvalue weighted by Gasteiger charge is -2.60. The van der Waals surface area contributed by atoms with E-state index in [2.05, 4.69) is 25.0 Å². The number of alkyl halides is 1. The van der Waals surface area contributed by atoms with E-state index in [4.69, 9.17) is 5.73 Å². The van der Waals surface area contributed by atoms with E-state index in [0.717, 1.165) is 25.3 Å². The first-order valence-electron chi connectivity index (χ1n) is 11.3. The van der Waals surface area contributed by atoms with Crippen LogP contribution in [0, 0.1) is 12.7 Å². The van der Waals surface area contributed by atoms with Crippen molar-refractivity contribution < 1.29 is 18.1 Å². The van der Waals surface area contributed by atoms with E-state index in [1.54, 1.807) is 13.8 Å². The van der Waals surface area contributed by atoms with Gasteiger partial charge in [0.1, 0.15) is 29.1 Å². The summed E-state index contributed by atoms with van der Waals surface area (Å²) < 4.78 is 44.3. The Morgan fingerprint density at radius 3 is 2.74 bits per heavy atom. The molecule has 186 valence electrons. The van der Waals surface area contributed by atoms with Crippen LogP contribution in [0.15, 0.2) is 34.4 Å². The van der Waals surface area contributed by atoms with Crippen molar-refractivity contribution in [3.05, 3.63) is 41.5 Å². The SMILES string of the molecule is Cc1cc(F)cnc1C(=O)NC1C=CC(F)([C@@]2(C)N=C(N)C(C)(C)S3(O)NCCCC[C@@H]23)C=N1. The Balaban J connectivity index is 1.62. The first-order chi connectivity index (χ1) is 15.8. The minimum Gasteiger partial charge on any atom is -0.386 e. The molecule has 34 heavy (non-hydrogen) atoms. The number of nitrogens with zero attached hydrogens (tertiary/aromatic N) is 3. The Kier molecular flexibility index (Phi) is 6.10. The molecule has 8 nitrogen and oxygen atoms in total. The highest BCUT2D eigenvalue weighted by molar-refractivity contribution is 8.29. The molecule has 0 radical (unpaired) electrons. The van der Waals surface area contributed by atoms with Gasteiger partial charge in [-0.25, -0.2) is 13.8 Å². The van der Waals surface area contributed by atoms with Crippen molar-refractivity contribution in [3.63, 3.8) is 0 Å². The number of fused-ring (bicyclic) bond motifs is 1. The zero-order valence-corrected chi connectivity index (χ0v) is 20.6. The van der Waals surface area contributed by atoms with E-state index >= 15 is 4.39 Å². The van der Waals surface area contributed by atoms with Gasteiger partial charge in [0, 0.05) is 12.8 Å². The predicted octanol–water partition coefficient (Wildman–Crippen LogP) is 3.18. The molecule has 0 aromatic carbocycles. The number of hydrogen-bond donors (Lipinski definition) is 4. The molecule has 1 amide bonds. The second-order valence-corrected chi connectivity index (χ2v) is 12.9. The molecule has 4 rings (SSSR count). The molecule has 1 fully saturated rings. The number of nitrogens with one attached hydrogen (secondary N) is 2. The van der Waals surface area contributed by atoms with Crippen LogP contribution in [0.1, 0.15) is 56.1 Å². The van der Waals surface area contributed by atoms with Crippen molar-refractivity contribution in [2.45, 2.75) is 74.3 Å². The summed E-state index contributed by atoms with van der Waals surface area (Å²) in [5.74, 6) is -0.883. The lowest BCUT2D eigenvalue weighted by molar-refractivity contribution is 0.0938. The standard InChI is InChI=1S/C23H32F2N6O2S/c1-14-11-15(24)12-27-18(14)19(32)30-17-8-9-23(25,13-28-17)22(4)16-7-5-6-10-29-34(16,33)21(2,3)20(26)31-22/h8-9,11-13,16-17,29,33H,5-7,10H2,1-4H3,(H2,26,31)(H,30,32)/t16-,17?,22-,23?/m0/s1. The van der Waals surface area contributed by atoms with Crippen LogP contribution in [0.5, 0.6) is 0 Å². The lowest BCUT2D eigenvalue weighted by Crippen LogP contribution is -2.67. The average molecular weight is 495 g/mol. The van der Waals surface area contributed by atoms with Crippen LogP contribution in [-0.4, -0.2) is 61.4 Å². The molecular weight excluding hydrogens is 462 g/mol. The highest BCUT2D eigenvalue weighted by Crippen LogP contribution is 2.66. The second kappa shape index (κ2) is 8.39. The summed E-state index contributed by atoms with van der Waals surface area (Å²) in [5, 5.41) is 2.15. The first-order valence-corrected chi connectivity index (χ1v) is 13.0. The van der Waals surface area contributed by atoms with Crippen molar-refractivity contribution in [1.82, 2.24) is 15.0 Å².